The van der Waals surface area contributed by atoms with Crippen LogP contribution in [0, 0.1) is 17.3 Å². The molecule has 1 heterocycles. The molecule has 1 aliphatic heterocycles. The molecule has 35 heavy (non-hydrogen) atoms. The molecule has 4 atom stereocenters. The molecule has 0 unspecified atom stereocenters. The summed E-state index contributed by atoms with van der Waals surface area (Å²) in [5.41, 5.74) is 4.17. The molecule has 0 radical (unpaired) electrons. The lowest BCUT2D eigenvalue weighted by Crippen LogP contribution is -2.44. The maximum absolute atomic E-state index is 6.66. The van der Waals surface area contributed by atoms with Gasteiger partial charge in [0, 0.05) is 0 Å². The molecule has 3 nitrogen and oxygen atoms in total. The molecule has 1 saturated heterocycles. The summed E-state index contributed by atoms with van der Waals surface area (Å²) in [6, 6.07) is 7.05. The first-order chi connectivity index (χ1) is 16.1. The Morgan fingerprint density at radius 3 is 2.29 bits per heavy atom. The predicted molar refractivity (Wildman–Crippen MR) is 148 cm³/mol. The Labute approximate surface area is 215 Å². The maximum Gasteiger partial charge on any atom is 0.490 e. The molecule has 2 fully saturated rings. The summed E-state index contributed by atoms with van der Waals surface area (Å²) < 4.78 is 19.7. The van der Waals surface area contributed by atoms with Crippen LogP contribution in [-0.2, 0) is 15.7 Å². The summed E-state index contributed by atoms with van der Waals surface area (Å²) in [6.45, 7) is 22.8. The van der Waals surface area contributed by atoms with Crippen LogP contribution in [0.15, 0.2) is 29.7 Å². The van der Waals surface area contributed by atoms with Gasteiger partial charge in [0.1, 0.15) is 5.75 Å². The molecule has 4 aliphatic rings. The lowest BCUT2D eigenvalue weighted by atomic mass is 9.50. The van der Waals surface area contributed by atoms with Crippen LogP contribution in [0.4, 0.5) is 0 Å². The van der Waals surface area contributed by atoms with Crippen molar-refractivity contribution in [3.8, 4) is 5.75 Å². The topological polar surface area (TPSA) is 27.7 Å². The van der Waals surface area contributed by atoms with E-state index in [1.165, 1.54) is 43.1 Å². The zero-order valence-electron chi connectivity index (χ0n) is 23.9. The van der Waals surface area contributed by atoms with Gasteiger partial charge in [0.25, 0.3) is 0 Å². The smallest absolute Gasteiger partial charge is 0.490 e. The molecule has 0 spiro atoms. The number of hydrogen-bond donors (Lipinski definition) is 0. The van der Waals surface area contributed by atoms with Gasteiger partial charge < -0.3 is 13.7 Å². The standard InChI is InChI=1S/C30H47BO3Si/c1-27(2,3)35(9,10)32-21-12-14-22-20(19-21)11-13-24-23(22)17-18-30(8)25(24)15-16-26(30)31-33-28(4,5)29(6,7)34-31/h12,14,16,19,23-25H,11,13,15,17-18H2,1-10H3/t23-,24-,25+,30+/m1/s1. The third kappa shape index (κ3) is 3.99. The number of allylic oxidation sites excluding steroid dienone is 2. The van der Waals surface area contributed by atoms with E-state index >= 15 is 0 Å². The van der Waals surface area contributed by atoms with Crippen molar-refractivity contribution in [3.63, 3.8) is 0 Å². The SMILES string of the molecule is CC1(C)OB(C2=CC[C@H]3[C@@H]4CCc5cc(O[Si](C)(C)C(C)(C)C)ccc5[C@H]4CC[C@]23C)OC1(C)C. The highest BCUT2D eigenvalue weighted by molar-refractivity contribution is 6.74. The number of hydrogen-bond acceptors (Lipinski definition) is 3. The van der Waals surface area contributed by atoms with Gasteiger partial charge in [0.05, 0.1) is 11.2 Å². The lowest BCUT2D eigenvalue weighted by molar-refractivity contribution is 0.00578. The molecule has 3 aliphatic carbocycles. The number of aryl methyl sites for hydroxylation is 1. The normalized spacial score (nSPS) is 33.6. The third-order valence-electron chi connectivity index (χ3n) is 11.0. The molecule has 0 aromatic heterocycles. The average Bonchev–Trinajstić information content (AvgIpc) is 3.18. The van der Waals surface area contributed by atoms with Gasteiger partial charge in [0.15, 0.2) is 0 Å². The van der Waals surface area contributed by atoms with Crippen LogP contribution in [0.5, 0.6) is 5.75 Å². The van der Waals surface area contributed by atoms with Crippen molar-refractivity contribution in [1.82, 2.24) is 0 Å². The van der Waals surface area contributed by atoms with Gasteiger partial charge in [-0.1, -0.05) is 39.8 Å². The van der Waals surface area contributed by atoms with E-state index in [9.17, 15) is 0 Å². The van der Waals surface area contributed by atoms with E-state index in [1.807, 2.05) is 0 Å². The van der Waals surface area contributed by atoms with Crippen molar-refractivity contribution in [1.29, 1.82) is 0 Å². The summed E-state index contributed by atoms with van der Waals surface area (Å²) >= 11 is 0. The van der Waals surface area contributed by atoms with E-state index in [2.05, 4.69) is 92.8 Å². The minimum Gasteiger partial charge on any atom is -0.543 e. The van der Waals surface area contributed by atoms with E-state index in [1.54, 1.807) is 5.56 Å². The van der Waals surface area contributed by atoms with Crippen molar-refractivity contribution in [3.05, 3.63) is 40.9 Å². The summed E-state index contributed by atoms with van der Waals surface area (Å²) in [5, 5.41) is 0.214. The Balaban J connectivity index is 1.35. The molecule has 5 heteroatoms. The Bertz CT molecular complexity index is 1020. The van der Waals surface area contributed by atoms with E-state index in [0.29, 0.717) is 11.8 Å². The van der Waals surface area contributed by atoms with Gasteiger partial charge in [-0.25, -0.2) is 0 Å². The van der Waals surface area contributed by atoms with E-state index in [-0.39, 0.29) is 28.8 Å². The zero-order valence-corrected chi connectivity index (χ0v) is 24.9. The molecule has 1 aromatic rings. The van der Waals surface area contributed by atoms with Gasteiger partial charge in [-0.3, -0.25) is 0 Å². The number of fused-ring (bicyclic) bond motifs is 5. The monoisotopic (exact) mass is 494 g/mol. The quantitative estimate of drug-likeness (QED) is 0.398. The van der Waals surface area contributed by atoms with Crippen LogP contribution in [-0.4, -0.2) is 26.6 Å². The maximum atomic E-state index is 6.66. The molecule has 0 amide bonds. The first-order valence-corrected chi connectivity index (χ1v) is 16.8. The van der Waals surface area contributed by atoms with Crippen LogP contribution in [0.25, 0.3) is 0 Å². The van der Waals surface area contributed by atoms with Gasteiger partial charge in [0.2, 0.25) is 8.32 Å². The fourth-order valence-electron chi connectivity index (χ4n) is 7.01. The lowest BCUT2D eigenvalue weighted by Gasteiger charge is -2.50. The summed E-state index contributed by atoms with van der Waals surface area (Å²) in [5.74, 6) is 3.18. The third-order valence-corrected chi connectivity index (χ3v) is 15.4. The highest BCUT2D eigenvalue weighted by Crippen LogP contribution is 2.62. The molecule has 1 aromatic carbocycles. The fourth-order valence-corrected chi connectivity index (χ4v) is 8.03. The van der Waals surface area contributed by atoms with Crippen LogP contribution in [0.1, 0.15) is 98.1 Å². The van der Waals surface area contributed by atoms with Gasteiger partial charge in [-0.2, -0.15) is 0 Å². The largest absolute Gasteiger partial charge is 0.543 e. The summed E-state index contributed by atoms with van der Waals surface area (Å²) in [6.07, 6.45) is 8.58. The molecule has 0 N–H and O–H groups in total. The van der Waals surface area contributed by atoms with Crippen LogP contribution in [0.3, 0.4) is 0 Å². The average molecular weight is 495 g/mol. The second kappa shape index (κ2) is 7.98. The van der Waals surface area contributed by atoms with Crippen LogP contribution >= 0.6 is 0 Å². The van der Waals surface area contributed by atoms with Crippen molar-refractivity contribution < 1.29 is 13.7 Å². The molecule has 5 rings (SSSR count). The summed E-state index contributed by atoms with van der Waals surface area (Å²) in [4.78, 5) is 0. The van der Waals surface area contributed by atoms with E-state index in [0.717, 1.165) is 11.7 Å². The minimum absolute atomic E-state index is 0.186. The van der Waals surface area contributed by atoms with Gasteiger partial charge >= 0.3 is 7.12 Å². The Morgan fingerprint density at radius 1 is 1.00 bits per heavy atom. The minimum atomic E-state index is -1.83. The second-order valence-electron chi connectivity index (χ2n) is 14.6. The van der Waals surface area contributed by atoms with Crippen molar-refractivity contribution in [2.45, 2.75) is 123 Å². The fraction of sp³-hybridized carbons (Fsp3) is 0.733. The van der Waals surface area contributed by atoms with Crippen LogP contribution in [0.2, 0.25) is 18.1 Å². The molecule has 192 valence electrons. The summed E-state index contributed by atoms with van der Waals surface area (Å²) in [7, 11) is -2.02. The predicted octanol–water partition coefficient (Wildman–Crippen LogP) is 8.09. The molecule has 1 saturated carbocycles. The van der Waals surface area contributed by atoms with Crippen molar-refractivity contribution in [2.24, 2.45) is 17.3 Å². The first-order valence-electron chi connectivity index (χ1n) is 13.9. The second-order valence-corrected chi connectivity index (χ2v) is 19.3. The van der Waals surface area contributed by atoms with E-state index in [4.69, 9.17) is 13.7 Å². The Hall–Kier alpha value is -1.04. The van der Waals surface area contributed by atoms with Crippen molar-refractivity contribution >= 4 is 15.4 Å². The number of benzene rings is 1. The highest BCUT2D eigenvalue weighted by atomic mass is 28.4. The van der Waals surface area contributed by atoms with Crippen molar-refractivity contribution in [2.75, 3.05) is 0 Å². The number of rotatable bonds is 3. The zero-order chi connectivity index (χ0) is 25.6. The van der Waals surface area contributed by atoms with Gasteiger partial charge in [-0.15, -0.1) is 0 Å². The molecule has 0 bridgehead atoms. The van der Waals surface area contributed by atoms with E-state index < -0.39 is 8.32 Å². The molecular weight excluding hydrogens is 447 g/mol. The Kier molecular flexibility index (Phi) is 5.84. The van der Waals surface area contributed by atoms with Crippen LogP contribution < -0.4 is 4.43 Å². The molecular formula is C30H47BO3Si. The highest BCUT2D eigenvalue weighted by Gasteiger charge is 2.60. The first kappa shape index (κ1) is 25.6. The van der Waals surface area contributed by atoms with Gasteiger partial charge in [-0.05, 0) is 130 Å². The Morgan fingerprint density at radius 2 is 1.66 bits per heavy atom.